The van der Waals surface area contributed by atoms with Crippen LogP contribution in [0.4, 0.5) is 0 Å². The van der Waals surface area contributed by atoms with Gasteiger partial charge in [0.15, 0.2) is 0 Å². The second-order valence-electron chi connectivity index (χ2n) is 7.43. The van der Waals surface area contributed by atoms with Crippen LogP contribution in [0, 0.1) is 5.92 Å². The molecule has 2 heterocycles. The number of nitrogens with one attached hydrogen (secondary N) is 1. The number of hydrogen-bond donors (Lipinski definition) is 1. The molecule has 1 aliphatic heterocycles. The maximum absolute atomic E-state index is 11.9. The van der Waals surface area contributed by atoms with Gasteiger partial charge in [0, 0.05) is 24.8 Å². The smallest absolute Gasteiger partial charge is 0.211 e. The van der Waals surface area contributed by atoms with Crippen molar-refractivity contribution < 1.29 is 17.9 Å². The van der Waals surface area contributed by atoms with Gasteiger partial charge in [0.25, 0.3) is 0 Å². The molecule has 2 aromatic rings. The summed E-state index contributed by atoms with van der Waals surface area (Å²) in [6.45, 7) is 7.36. The number of sulfonamides is 1. The predicted octanol–water partition coefficient (Wildman–Crippen LogP) is 2.72. The van der Waals surface area contributed by atoms with Crippen LogP contribution in [-0.2, 0) is 14.8 Å². The Balaban J connectivity index is 1.60. The Morgan fingerprint density at radius 1 is 1.32 bits per heavy atom. The van der Waals surface area contributed by atoms with Gasteiger partial charge in [-0.05, 0) is 49.1 Å². The second-order valence-corrected chi connectivity index (χ2v) is 9.47. The topological polar surface area (TPSA) is 82.5 Å². The van der Waals surface area contributed by atoms with Crippen LogP contribution in [0.5, 0.6) is 5.75 Å². The highest BCUT2D eigenvalue weighted by Crippen LogP contribution is 2.21. The number of ether oxygens (including phenoxy) is 2. The molecule has 1 aromatic heterocycles. The molecule has 0 unspecified atom stereocenters. The van der Waals surface area contributed by atoms with Crippen LogP contribution in [0.1, 0.15) is 38.7 Å². The lowest BCUT2D eigenvalue weighted by Crippen LogP contribution is -2.47. The molecular weight excluding hydrogens is 378 g/mol. The minimum atomic E-state index is -3.25. The van der Waals surface area contributed by atoms with Crippen molar-refractivity contribution in [2.24, 2.45) is 5.92 Å². The van der Waals surface area contributed by atoms with Crippen LogP contribution in [0.25, 0.3) is 5.69 Å². The Kier molecular flexibility index (Phi) is 6.74. The van der Waals surface area contributed by atoms with Gasteiger partial charge in [0.1, 0.15) is 5.75 Å². The summed E-state index contributed by atoms with van der Waals surface area (Å²) in [4.78, 5) is 0. The number of hydrogen-bond acceptors (Lipinski definition) is 5. The molecule has 154 valence electrons. The van der Waals surface area contributed by atoms with Crippen molar-refractivity contribution in [2.75, 3.05) is 25.6 Å². The molecule has 8 heteroatoms. The molecule has 2 atom stereocenters. The summed E-state index contributed by atoms with van der Waals surface area (Å²) in [5, 5.41) is 4.40. The Morgan fingerprint density at radius 2 is 2.07 bits per heavy atom. The lowest BCUT2D eigenvalue weighted by molar-refractivity contribution is 0.0186. The average molecular weight is 408 g/mol. The third kappa shape index (κ3) is 5.33. The van der Waals surface area contributed by atoms with E-state index in [4.69, 9.17) is 9.47 Å². The fourth-order valence-corrected chi connectivity index (χ4v) is 4.04. The molecule has 0 saturated carbocycles. The summed E-state index contributed by atoms with van der Waals surface area (Å²) in [7, 11) is -3.25. The van der Waals surface area contributed by atoms with E-state index in [2.05, 4.69) is 23.7 Å². The molecule has 1 aliphatic rings. The van der Waals surface area contributed by atoms with Crippen LogP contribution in [0.2, 0.25) is 0 Å². The molecule has 0 radical (unpaired) electrons. The predicted molar refractivity (Wildman–Crippen MR) is 108 cm³/mol. The van der Waals surface area contributed by atoms with Crippen molar-refractivity contribution in [1.29, 1.82) is 0 Å². The first-order chi connectivity index (χ1) is 13.4. The maximum Gasteiger partial charge on any atom is 0.211 e. The van der Waals surface area contributed by atoms with Crippen molar-refractivity contribution in [3.05, 3.63) is 42.2 Å². The summed E-state index contributed by atoms with van der Waals surface area (Å²) in [6.07, 6.45) is 4.57. The van der Waals surface area contributed by atoms with E-state index in [0.29, 0.717) is 32.2 Å². The minimum absolute atomic E-state index is 0.0190. The van der Waals surface area contributed by atoms with E-state index < -0.39 is 10.0 Å². The Bertz CT molecular complexity index is 862. The lowest BCUT2D eigenvalue weighted by Gasteiger charge is -2.31. The van der Waals surface area contributed by atoms with E-state index in [0.717, 1.165) is 11.4 Å². The van der Waals surface area contributed by atoms with Crippen LogP contribution in [-0.4, -0.2) is 49.8 Å². The van der Waals surface area contributed by atoms with Gasteiger partial charge < -0.3 is 9.47 Å². The highest BCUT2D eigenvalue weighted by atomic mass is 32.2. The maximum atomic E-state index is 11.9. The largest absolute Gasteiger partial charge is 0.493 e. The van der Waals surface area contributed by atoms with Gasteiger partial charge in [-0.1, -0.05) is 13.8 Å². The quantitative estimate of drug-likeness (QED) is 0.728. The van der Waals surface area contributed by atoms with Crippen molar-refractivity contribution in [3.63, 3.8) is 0 Å². The minimum Gasteiger partial charge on any atom is -0.493 e. The molecule has 1 saturated heterocycles. The fourth-order valence-electron chi connectivity index (χ4n) is 3.10. The molecule has 1 fully saturated rings. The Hall–Kier alpha value is -1.90. The third-order valence-corrected chi connectivity index (χ3v) is 6.44. The zero-order valence-electron chi connectivity index (χ0n) is 16.7. The van der Waals surface area contributed by atoms with Gasteiger partial charge in [0.2, 0.25) is 10.0 Å². The summed E-state index contributed by atoms with van der Waals surface area (Å²) in [6, 6.07) is 7.57. The molecular formula is C20H29N3O4S. The van der Waals surface area contributed by atoms with Crippen LogP contribution in [0.3, 0.4) is 0 Å². The van der Waals surface area contributed by atoms with E-state index in [9.17, 15) is 8.42 Å². The molecule has 0 amide bonds. The monoisotopic (exact) mass is 407 g/mol. The molecule has 0 aliphatic carbocycles. The van der Waals surface area contributed by atoms with Gasteiger partial charge in [0.05, 0.1) is 30.9 Å². The zero-order valence-corrected chi connectivity index (χ0v) is 17.5. The Labute approximate surface area is 167 Å². The van der Waals surface area contributed by atoms with Crippen LogP contribution in [0.15, 0.2) is 36.7 Å². The standard InChI is InChI=1S/C20H29N3O4S/c1-4-28(24,25)22-20-9-10-26-13-17(20)14-27-19-7-5-18(6-8-19)23-12-16(11-21-23)15(2)3/h5-8,11-12,15,17,20,22H,4,9-10,13-14H2,1-3H3/t17-,20+/m1/s1. The third-order valence-electron chi connectivity index (χ3n) is 5.02. The van der Waals surface area contributed by atoms with Gasteiger partial charge in [-0.3, -0.25) is 0 Å². The highest BCUT2D eigenvalue weighted by molar-refractivity contribution is 7.89. The van der Waals surface area contributed by atoms with Crippen LogP contribution < -0.4 is 9.46 Å². The van der Waals surface area contributed by atoms with Crippen molar-refractivity contribution in [1.82, 2.24) is 14.5 Å². The van der Waals surface area contributed by atoms with E-state index in [1.54, 1.807) is 6.92 Å². The zero-order chi connectivity index (χ0) is 20.1. The van der Waals surface area contributed by atoms with Gasteiger partial charge in [-0.2, -0.15) is 5.10 Å². The number of nitrogens with zero attached hydrogens (tertiary/aromatic N) is 2. The van der Waals surface area contributed by atoms with E-state index in [-0.39, 0.29) is 17.7 Å². The first-order valence-electron chi connectivity index (χ1n) is 9.73. The van der Waals surface area contributed by atoms with E-state index >= 15 is 0 Å². The number of aromatic nitrogens is 2. The van der Waals surface area contributed by atoms with E-state index in [1.807, 2.05) is 41.3 Å². The second kappa shape index (κ2) is 9.07. The van der Waals surface area contributed by atoms with Crippen molar-refractivity contribution in [3.8, 4) is 11.4 Å². The SMILES string of the molecule is CCS(=O)(=O)N[C@H]1CCOC[C@@H]1COc1ccc(-n2cc(C(C)C)cn2)cc1. The number of rotatable bonds is 8. The van der Waals surface area contributed by atoms with Gasteiger partial charge >= 0.3 is 0 Å². The molecule has 0 spiro atoms. The molecule has 0 bridgehead atoms. The summed E-state index contributed by atoms with van der Waals surface area (Å²) < 4.78 is 39.9. The first-order valence-corrected chi connectivity index (χ1v) is 11.4. The molecule has 28 heavy (non-hydrogen) atoms. The molecule has 7 nitrogen and oxygen atoms in total. The fraction of sp³-hybridized carbons (Fsp3) is 0.550. The van der Waals surface area contributed by atoms with Crippen molar-refractivity contribution >= 4 is 10.0 Å². The van der Waals surface area contributed by atoms with Gasteiger partial charge in [-0.25, -0.2) is 17.8 Å². The first kappa shape index (κ1) is 20.8. The number of benzene rings is 1. The van der Waals surface area contributed by atoms with Crippen LogP contribution >= 0.6 is 0 Å². The van der Waals surface area contributed by atoms with Gasteiger partial charge in [-0.15, -0.1) is 0 Å². The van der Waals surface area contributed by atoms with Crippen molar-refractivity contribution in [2.45, 2.75) is 39.2 Å². The molecule has 3 rings (SSSR count). The van der Waals surface area contributed by atoms with E-state index in [1.165, 1.54) is 5.56 Å². The summed E-state index contributed by atoms with van der Waals surface area (Å²) >= 11 is 0. The normalized spacial score (nSPS) is 20.4. The lowest BCUT2D eigenvalue weighted by atomic mass is 9.98. The molecule has 1 N–H and O–H groups in total. The summed E-state index contributed by atoms with van der Waals surface area (Å²) in [5.74, 6) is 1.23. The highest BCUT2D eigenvalue weighted by Gasteiger charge is 2.29. The Morgan fingerprint density at radius 3 is 2.71 bits per heavy atom. The average Bonchev–Trinajstić information content (AvgIpc) is 3.18. The summed E-state index contributed by atoms with van der Waals surface area (Å²) in [5.41, 5.74) is 2.16. The molecule has 1 aromatic carbocycles.